The van der Waals surface area contributed by atoms with E-state index in [-0.39, 0.29) is 6.04 Å². The molecular formula is C17H17NO. The van der Waals surface area contributed by atoms with Crippen molar-refractivity contribution < 1.29 is 4.74 Å². The summed E-state index contributed by atoms with van der Waals surface area (Å²) in [6, 6.07) is 13.6. The lowest BCUT2D eigenvalue weighted by molar-refractivity contribution is 0.134. The van der Waals surface area contributed by atoms with Gasteiger partial charge in [0.25, 0.3) is 0 Å². The summed E-state index contributed by atoms with van der Waals surface area (Å²) in [6.07, 6.45) is 2.19. The lowest BCUT2D eigenvalue weighted by atomic mass is 9.97. The highest BCUT2D eigenvalue weighted by Crippen LogP contribution is 2.34. The van der Waals surface area contributed by atoms with Crippen molar-refractivity contribution in [3.8, 4) is 11.1 Å². The van der Waals surface area contributed by atoms with Crippen LogP contribution in [0.25, 0.3) is 11.1 Å². The monoisotopic (exact) mass is 251 g/mol. The number of rotatable bonds is 1. The molecule has 0 spiro atoms. The van der Waals surface area contributed by atoms with Crippen LogP contribution in [0.5, 0.6) is 0 Å². The van der Waals surface area contributed by atoms with Crippen molar-refractivity contribution in [1.82, 2.24) is 0 Å². The van der Waals surface area contributed by atoms with Crippen LogP contribution in [0.4, 0.5) is 0 Å². The van der Waals surface area contributed by atoms with E-state index in [1.165, 1.54) is 33.4 Å². The summed E-state index contributed by atoms with van der Waals surface area (Å²) in [5.41, 5.74) is 14.1. The van der Waals surface area contributed by atoms with E-state index >= 15 is 0 Å². The zero-order valence-corrected chi connectivity index (χ0v) is 10.9. The third kappa shape index (κ3) is 1.79. The molecule has 0 fully saturated rings. The fourth-order valence-electron chi connectivity index (χ4n) is 3.18. The summed E-state index contributed by atoms with van der Waals surface area (Å²) >= 11 is 0. The molecule has 4 rings (SSSR count). The van der Waals surface area contributed by atoms with Crippen molar-refractivity contribution in [2.75, 3.05) is 0 Å². The van der Waals surface area contributed by atoms with Crippen molar-refractivity contribution in [1.29, 1.82) is 0 Å². The normalized spacial score (nSPS) is 20.4. The van der Waals surface area contributed by atoms with Gasteiger partial charge in [-0.15, -0.1) is 0 Å². The number of ether oxygens (including phenoxy) is 1. The van der Waals surface area contributed by atoms with Gasteiger partial charge in [-0.1, -0.05) is 30.3 Å². The Hall–Kier alpha value is -1.64. The Morgan fingerprint density at radius 3 is 2.53 bits per heavy atom. The molecule has 0 saturated carbocycles. The standard InChI is InChI=1S/C17H17NO/c18-17-6-4-13-7-12(3-5-16(13)17)11-1-2-14-9-19-10-15(14)8-11/h1-3,5,7-8,17H,4,6,9-10,18H2. The quantitative estimate of drug-likeness (QED) is 0.843. The second-order valence-corrected chi connectivity index (χ2v) is 5.54. The maximum Gasteiger partial charge on any atom is 0.0725 e. The molecular weight excluding hydrogens is 234 g/mol. The summed E-state index contributed by atoms with van der Waals surface area (Å²) in [5, 5.41) is 0. The first-order valence-electron chi connectivity index (χ1n) is 6.89. The third-order valence-corrected chi connectivity index (χ3v) is 4.32. The Kier molecular flexibility index (Phi) is 2.47. The Bertz CT molecular complexity index is 648. The molecule has 19 heavy (non-hydrogen) atoms. The fourth-order valence-corrected chi connectivity index (χ4v) is 3.18. The Morgan fingerprint density at radius 1 is 0.895 bits per heavy atom. The molecule has 2 heteroatoms. The van der Waals surface area contributed by atoms with Gasteiger partial charge in [0, 0.05) is 6.04 Å². The Labute approximate surface area is 113 Å². The van der Waals surface area contributed by atoms with E-state index < -0.39 is 0 Å². The molecule has 2 aromatic rings. The van der Waals surface area contributed by atoms with Crippen LogP contribution < -0.4 is 5.73 Å². The molecule has 2 aromatic carbocycles. The molecule has 1 atom stereocenters. The van der Waals surface area contributed by atoms with E-state index in [1.807, 2.05) is 0 Å². The highest BCUT2D eigenvalue weighted by molar-refractivity contribution is 5.67. The third-order valence-electron chi connectivity index (χ3n) is 4.32. The van der Waals surface area contributed by atoms with Crippen molar-refractivity contribution in [2.24, 2.45) is 5.73 Å². The molecule has 0 bridgehead atoms. The molecule has 0 radical (unpaired) electrons. The molecule has 96 valence electrons. The topological polar surface area (TPSA) is 35.2 Å². The van der Waals surface area contributed by atoms with Gasteiger partial charge in [0.2, 0.25) is 0 Å². The first-order chi connectivity index (χ1) is 9.31. The molecule has 2 nitrogen and oxygen atoms in total. The zero-order chi connectivity index (χ0) is 12.8. The average Bonchev–Trinajstić information content (AvgIpc) is 3.04. The molecule has 1 unspecified atom stereocenters. The van der Waals surface area contributed by atoms with Gasteiger partial charge in [0.1, 0.15) is 0 Å². The summed E-state index contributed by atoms with van der Waals surface area (Å²) in [7, 11) is 0. The van der Waals surface area contributed by atoms with Crippen LogP contribution in [0.3, 0.4) is 0 Å². The summed E-state index contributed by atoms with van der Waals surface area (Å²) in [5.74, 6) is 0. The molecule has 1 aliphatic heterocycles. The van der Waals surface area contributed by atoms with E-state index in [1.54, 1.807) is 0 Å². The van der Waals surface area contributed by atoms with Gasteiger partial charge in [-0.3, -0.25) is 0 Å². The zero-order valence-electron chi connectivity index (χ0n) is 10.9. The largest absolute Gasteiger partial charge is 0.372 e. The van der Waals surface area contributed by atoms with Gasteiger partial charge < -0.3 is 10.5 Å². The Morgan fingerprint density at radius 2 is 1.63 bits per heavy atom. The van der Waals surface area contributed by atoms with Crippen LogP contribution in [0.2, 0.25) is 0 Å². The van der Waals surface area contributed by atoms with E-state index in [0.717, 1.165) is 26.1 Å². The molecule has 0 aromatic heterocycles. The molecule has 1 heterocycles. The predicted molar refractivity (Wildman–Crippen MR) is 75.6 cm³/mol. The van der Waals surface area contributed by atoms with Crippen LogP contribution in [0, 0.1) is 0 Å². The number of hydrogen-bond acceptors (Lipinski definition) is 2. The van der Waals surface area contributed by atoms with Crippen LogP contribution >= 0.6 is 0 Å². The smallest absolute Gasteiger partial charge is 0.0725 e. The summed E-state index contributed by atoms with van der Waals surface area (Å²) < 4.78 is 5.48. The van der Waals surface area contributed by atoms with Crippen molar-refractivity contribution in [3.05, 3.63) is 58.7 Å². The number of nitrogens with two attached hydrogens (primary N) is 1. The number of hydrogen-bond donors (Lipinski definition) is 1. The maximum absolute atomic E-state index is 6.09. The lowest BCUT2D eigenvalue weighted by Gasteiger charge is -2.08. The van der Waals surface area contributed by atoms with Crippen molar-refractivity contribution in [3.63, 3.8) is 0 Å². The molecule has 1 aliphatic carbocycles. The number of benzene rings is 2. The molecule has 0 saturated heterocycles. The van der Waals surface area contributed by atoms with Crippen molar-refractivity contribution in [2.45, 2.75) is 32.1 Å². The van der Waals surface area contributed by atoms with Crippen LogP contribution in [-0.4, -0.2) is 0 Å². The van der Waals surface area contributed by atoms with Crippen LogP contribution in [-0.2, 0) is 24.4 Å². The first kappa shape index (κ1) is 11.2. The average molecular weight is 251 g/mol. The van der Waals surface area contributed by atoms with E-state index in [0.29, 0.717) is 0 Å². The first-order valence-corrected chi connectivity index (χ1v) is 6.89. The van der Waals surface area contributed by atoms with Gasteiger partial charge in [0.05, 0.1) is 13.2 Å². The number of fused-ring (bicyclic) bond motifs is 2. The lowest BCUT2D eigenvalue weighted by Crippen LogP contribution is -2.04. The van der Waals surface area contributed by atoms with E-state index in [2.05, 4.69) is 36.4 Å². The van der Waals surface area contributed by atoms with E-state index in [4.69, 9.17) is 10.5 Å². The number of aryl methyl sites for hydroxylation is 1. The van der Waals surface area contributed by atoms with Gasteiger partial charge in [0.15, 0.2) is 0 Å². The highest BCUT2D eigenvalue weighted by atomic mass is 16.5. The minimum Gasteiger partial charge on any atom is -0.372 e. The Balaban J connectivity index is 1.77. The minimum absolute atomic E-state index is 0.234. The summed E-state index contributed by atoms with van der Waals surface area (Å²) in [4.78, 5) is 0. The SMILES string of the molecule is NC1CCc2cc(-c3ccc4c(c3)COC4)ccc21. The van der Waals surface area contributed by atoms with E-state index in [9.17, 15) is 0 Å². The molecule has 2 N–H and O–H groups in total. The van der Waals surface area contributed by atoms with Crippen molar-refractivity contribution >= 4 is 0 Å². The maximum atomic E-state index is 6.09. The summed E-state index contributed by atoms with van der Waals surface area (Å²) in [6.45, 7) is 1.51. The van der Waals surface area contributed by atoms with Crippen LogP contribution in [0.15, 0.2) is 36.4 Å². The highest BCUT2D eigenvalue weighted by Gasteiger charge is 2.19. The van der Waals surface area contributed by atoms with Gasteiger partial charge >= 0.3 is 0 Å². The molecule has 2 aliphatic rings. The second kappa shape index (κ2) is 4.19. The van der Waals surface area contributed by atoms with Crippen LogP contribution in [0.1, 0.15) is 34.7 Å². The predicted octanol–water partition coefficient (Wildman–Crippen LogP) is 3.33. The molecule has 0 amide bonds. The van der Waals surface area contributed by atoms with Gasteiger partial charge in [-0.05, 0) is 52.3 Å². The van der Waals surface area contributed by atoms with Gasteiger partial charge in [-0.2, -0.15) is 0 Å². The van der Waals surface area contributed by atoms with Gasteiger partial charge in [-0.25, -0.2) is 0 Å². The minimum atomic E-state index is 0.234. The second-order valence-electron chi connectivity index (χ2n) is 5.54. The fraction of sp³-hybridized carbons (Fsp3) is 0.294.